The summed E-state index contributed by atoms with van der Waals surface area (Å²) in [5.41, 5.74) is 8.26. The predicted molar refractivity (Wildman–Crippen MR) is 116 cm³/mol. The lowest BCUT2D eigenvalue weighted by Crippen LogP contribution is -2.39. The summed E-state index contributed by atoms with van der Waals surface area (Å²) in [6, 6.07) is 16.3. The third kappa shape index (κ3) is 6.10. The number of aliphatic hydroxyl groups is 1. The fourth-order valence-electron chi connectivity index (χ4n) is 3.23. The quantitative estimate of drug-likeness (QED) is 0.492. The minimum Gasteiger partial charge on any atom is -0.497 e. The highest BCUT2D eigenvalue weighted by Gasteiger charge is 2.21. The fraction of sp³-hybridized carbons (Fsp3) is 0.250. The molecule has 3 rings (SSSR count). The molecule has 0 aliphatic heterocycles. The molecule has 3 aromatic rings. The van der Waals surface area contributed by atoms with Crippen molar-refractivity contribution < 1.29 is 19.0 Å². The molecule has 6 nitrogen and oxygen atoms in total. The summed E-state index contributed by atoms with van der Waals surface area (Å²) in [4.78, 5) is 17.0. The van der Waals surface area contributed by atoms with E-state index in [0.717, 1.165) is 11.3 Å². The first-order valence-corrected chi connectivity index (χ1v) is 10.00. The molecule has 4 N–H and O–H groups in total. The number of benzene rings is 2. The van der Waals surface area contributed by atoms with Crippen molar-refractivity contribution in [3.05, 3.63) is 95.1 Å². The second kappa shape index (κ2) is 10.7. The molecular weight excluding hydrogens is 397 g/mol. The molecule has 0 saturated carbocycles. The van der Waals surface area contributed by atoms with E-state index >= 15 is 0 Å². The molecule has 0 saturated heterocycles. The number of hydrogen-bond acceptors (Lipinski definition) is 5. The predicted octanol–water partition coefficient (Wildman–Crippen LogP) is 2.63. The van der Waals surface area contributed by atoms with Gasteiger partial charge in [-0.2, -0.15) is 0 Å². The van der Waals surface area contributed by atoms with Crippen molar-refractivity contribution in [3.63, 3.8) is 0 Å². The van der Waals surface area contributed by atoms with Gasteiger partial charge in [-0.15, -0.1) is 0 Å². The van der Waals surface area contributed by atoms with Crippen molar-refractivity contribution in [1.82, 2.24) is 10.3 Å². The Hall–Kier alpha value is -3.29. The van der Waals surface area contributed by atoms with Crippen molar-refractivity contribution in [3.8, 4) is 5.75 Å². The first-order chi connectivity index (χ1) is 15.0. The monoisotopic (exact) mass is 423 g/mol. The first kappa shape index (κ1) is 22.4. The highest BCUT2D eigenvalue weighted by molar-refractivity contribution is 5.95. The van der Waals surface area contributed by atoms with Gasteiger partial charge >= 0.3 is 0 Å². The summed E-state index contributed by atoms with van der Waals surface area (Å²) in [7, 11) is 1.59. The fourth-order valence-corrected chi connectivity index (χ4v) is 3.23. The molecule has 2 atom stereocenters. The van der Waals surface area contributed by atoms with Crippen LogP contribution in [0.15, 0.2) is 66.9 Å². The van der Waals surface area contributed by atoms with E-state index in [2.05, 4.69) is 10.3 Å². The van der Waals surface area contributed by atoms with Crippen LogP contribution in [0.4, 0.5) is 4.39 Å². The molecule has 0 bridgehead atoms. The number of methoxy groups -OCH3 is 1. The average molecular weight is 423 g/mol. The van der Waals surface area contributed by atoms with E-state index in [-0.39, 0.29) is 24.6 Å². The number of aliphatic hydroxyl groups excluding tert-OH is 1. The standard InChI is InChI=1S/C24H26FN3O3/c1-31-18-10-8-16(9-11-18)15-28-24(30)19-6-4-12-27-22(19)14-23(29)21(26)13-17-5-2-3-7-20(17)25/h2-12,21,23,29H,13-15,26H2,1H3,(H,28,30)/t21-,23+/m1/s1. The second-order valence-corrected chi connectivity index (χ2v) is 7.26. The molecule has 0 unspecified atom stereocenters. The summed E-state index contributed by atoms with van der Waals surface area (Å²) in [5, 5.41) is 13.4. The number of pyridine rings is 1. The Morgan fingerprint density at radius 2 is 1.87 bits per heavy atom. The van der Waals surface area contributed by atoms with Crippen LogP contribution in [-0.2, 0) is 19.4 Å². The van der Waals surface area contributed by atoms with Gasteiger partial charge in [-0.1, -0.05) is 30.3 Å². The third-order valence-electron chi connectivity index (χ3n) is 5.06. The maximum Gasteiger partial charge on any atom is 0.253 e. The van der Waals surface area contributed by atoms with Crippen LogP contribution < -0.4 is 15.8 Å². The molecule has 0 fully saturated rings. The van der Waals surface area contributed by atoms with E-state index in [1.54, 1.807) is 43.6 Å². The number of ether oxygens (including phenoxy) is 1. The van der Waals surface area contributed by atoms with Crippen LogP contribution in [-0.4, -0.2) is 35.3 Å². The number of nitrogens with one attached hydrogen (secondary N) is 1. The Kier molecular flexibility index (Phi) is 7.70. The van der Waals surface area contributed by atoms with E-state index in [0.29, 0.717) is 23.4 Å². The Morgan fingerprint density at radius 1 is 1.13 bits per heavy atom. The van der Waals surface area contributed by atoms with Crippen molar-refractivity contribution in [2.45, 2.75) is 31.5 Å². The van der Waals surface area contributed by atoms with E-state index < -0.39 is 12.1 Å². The van der Waals surface area contributed by atoms with Crippen LogP contribution in [0.25, 0.3) is 0 Å². The molecule has 0 radical (unpaired) electrons. The van der Waals surface area contributed by atoms with Crippen molar-refractivity contribution in [2.75, 3.05) is 7.11 Å². The lowest BCUT2D eigenvalue weighted by atomic mass is 9.97. The molecule has 0 aliphatic rings. The van der Waals surface area contributed by atoms with Crippen molar-refractivity contribution in [2.24, 2.45) is 5.73 Å². The van der Waals surface area contributed by atoms with Crippen LogP contribution in [0, 0.1) is 5.82 Å². The Morgan fingerprint density at radius 3 is 2.58 bits per heavy atom. The number of rotatable bonds is 9. The molecule has 7 heteroatoms. The van der Waals surface area contributed by atoms with Gasteiger partial charge in [0.2, 0.25) is 0 Å². The summed E-state index contributed by atoms with van der Waals surface area (Å²) in [6.07, 6.45) is 0.842. The molecule has 1 amide bonds. The Labute approximate surface area is 180 Å². The van der Waals surface area contributed by atoms with Crippen LogP contribution >= 0.6 is 0 Å². The molecule has 1 aromatic heterocycles. The first-order valence-electron chi connectivity index (χ1n) is 10.00. The number of halogens is 1. The minimum absolute atomic E-state index is 0.0851. The van der Waals surface area contributed by atoms with Gasteiger partial charge in [0.1, 0.15) is 11.6 Å². The summed E-state index contributed by atoms with van der Waals surface area (Å²) in [6.45, 7) is 0.340. The van der Waals surface area contributed by atoms with Crippen LogP contribution in [0.5, 0.6) is 5.75 Å². The van der Waals surface area contributed by atoms with Crippen LogP contribution in [0.2, 0.25) is 0 Å². The minimum atomic E-state index is -0.984. The van der Waals surface area contributed by atoms with Gasteiger partial charge in [0.05, 0.1) is 24.5 Å². The van der Waals surface area contributed by atoms with Gasteiger partial charge in [-0.3, -0.25) is 9.78 Å². The largest absolute Gasteiger partial charge is 0.497 e. The lowest BCUT2D eigenvalue weighted by Gasteiger charge is -2.20. The van der Waals surface area contributed by atoms with Gasteiger partial charge in [0, 0.05) is 25.2 Å². The molecule has 1 heterocycles. The molecular formula is C24H26FN3O3. The number of amides is 1. The molecule has 162 valence electrons. The molecule has 0 spiro atoms. The normalized spacial score (nSPS) is 12.8. The van der Waals surface area contributed by atoms with Gasteiger partial charge in [0.25, 0.3) is 5.91 Å². The average Bonchev–Trinajstić information content (AvgIpc) is 2.79. The zero-order chi connectivity index (χ0) is 22.2. The SMILES string of the molecule is COc1ccc(CNC(=O)c2cccnc2C[C@H](O)[C@H](N)Cc2ccccc2F)cc1. The zero-order valence-corrected chi connectivity index (χ0v) is 17.3. The number of carbonyl (C=O) groups is 1. The number of nitrogens with two attached hydrogens (primary N) is 1. The maximum atomic E-state index is 13.9. The number of aromatic nitrogens is 1. The zero-order valence-electron chi connectivity index (χ0n) is 17.3. The maximum absolute atomic E-state index is 13.9. The van der Waals surface area contributed by atoms with Gasteiger partial charge < -0.3 is 20.9 Å². The molecule has 0 aliphatic carbocycles. The second-order valence-electron chi connectivity index (χ2n) is 7.26. The topological polar surface area (TPSA) is 97.5 Å². The van der Waals surface area contributed by atoms with E-state index in [9.17, 15) is 14.3 Å². The lowest BCUT2D eigenvalue weighted by molar-refractivity contribution is 0.0947. The van der Waals surface area contributed by atoms with Crippen LogP contribution in [0.1, 0.15) is 27.2 Å². The highest BCUT2D eigenvalue weighted by Crippen LogP contribution is 2.15. The van der Waals surface area contributed by atoms with Crippen molar-refractivity contribution in [1.29, 1.82) is 0 Å². The Bertz CT molecular complexity index is 1010. The van der Waals surface area contributed by atoms with Gasteiger partial charge in [-0.05, 0) is 47.9 Å². The van der Waals surface area contributed by atoms with E-state index in [1.807, 2.05) is 24.3 Å². The van der Waals surface area contributed by atoms with Gasteiger partial charge in [0.15, 0.2) is 0 Å². The van der Waals surface area contributed by atoms with E-state index in [4.69, 9.17) is 10.5 Å². The summed E-state index contributed by atoms with van der Waals surface area (Å²) >= 11 is 0. The number of carbonyl (C=O) groups excluding carboxylic acids is 1. The van der Waals surface area contributed by atoms with Crippen molar-refractivity contribution >= 4 is 5.91 Å². The number of hydrogen-bond donors (Lipinski definition) is 3. The molecule has 31 heavy (non-hydrogen) atoms. The van der Waals surface area contributed by atoms with E-state index in [1.165, 1.54) is 6.07 Å². The van der Waals surface area contributed by atoms with Crippen LogP contribution in [0.3, 0.4) is 0 Å². The number of nitrogens with zero attached hydrogens (tertiary/aromatic N) is 1. The third-order valence-corrected chi connectivity index (χ3v) is 5.06. The summed E-state index contributed by atoms with van der Waals surface area (Å²) < 4.78 is 19.0. The smallest absolute Gasteiger partial charge is 0.253 e. The highest BCUT2D eigenvalue weighted by atomic mass is 19.1. The van der Waals surface area contributed by atoms with Gasteiger partial charge in [-0.25, -0.2) is 4.39 Å². The summed E-state index contributed by atoms with van der Waals surface area (Å²) in [5.74, 6) is 0.0840. The Balaban J connectivity index is 1.63. The molecule has 2 aromatic carbocycles.